The van der Waals surface area contributed by atoms with Crippen molar-refractivity contribution in [1.82, 2.24) is 15.5 Å². The normalized spacial score (nSPS) is 20.3. The molecule has 0 spiro atoms. The highest BCUT2D eigenvalue weighted by molar-refractivity contribution is 6.29. The van der Waals surface area contributed by atoms with Crippen molar-refractivity contribution in [2.45, 2.75) is 45.7 Å². The van der Waals surface area contributed by atoms with Gasteiger partial charge in [0, 0.05) is 24.7 Å². The minimum atomic E-state index is 0.159. The van der Waals surface area contributed by atoms with Crippen LogP contribution in [0.25, 0.3) is 0 Å². The van der Waals surface area contributed by atoms with Crippen molar-refractivity contribution >= 4 is 17.4 Å². The van der Waals surface area contributed by atoms with Gasteiger partial charge in [-0.3, -0.25) is 0 Å². The van der Waals surface area contributed by atoms with Gasteiger partial charge in [-0.1, -0.05) is 25.4 Å². The van der Waals surface area contributed by atoms with E-state index in [0.717, 1.165) is 25.3 Å². The van der Waals surface area contributed by atoms with Gasteiger partial charge in [-0.15, -0.1) is 10.2 Å². The third-order valence-electron chi connectivity index (χ3n) is 4.15. The Kier molecular flexibility index (Phi) is 4.31. The first-order valence-electron chi connectivity index (χ1n) is 6.90. The van der Waals surface area contributed by atoms with E-state index in [1.807, 2.05) is 6.07 Å². The standard InChI is InChI=1S/C14H23ClN4/c1-10(2)14(3,4)16-11-7-8-19(9-11)13-6-5-12(15)17-18-13/h5-6,10-11,16H,7-9H2,1-4H3. The average molecular weight is 283 g/mol. The van der Waals surface area contributed by atoms with E-state index in [4.69, 9.17) is 11.6 Å². The van der Waals surface area contributed by atoms with Crippen LogP contribution >= 0.6 is 11.6 Å². The molecule has 1 N–H and O–H groups in total. The highest BCUT2D eigenvalue weighted by atomic mass is 35.5. The number of hydrogen-bond acceptors (Lipinski definition) is 4. The second kappa shape index (κ2) is 5.63. The number of aromatic nitrogens is 2. The molecule has 4 nitrogen and oxygen atoms in total. The lowest BCUT2D eigenvalue weighted by Crippen LogP contribution is -2.50. The fourth-order valence-electron chi connectivity index (χ4n) is 2.26. The topological polar surface area (TPSA) is 41.0 Å². The largest absolute Gasteiger partial charge is 0.354 e. The Labute approximate surface area is 120 Å². The summed E-state index contributed by atoms with van der Waals surface area (Å²) in [6.07, 6.45) is 1.14. The van der Waals surface area contributed by atoms with Gasteiger partial charge in [-0.05, 0) is 38.3 Å². The number of nitrogens with one attached hydrogen (secondary N) is 1. The zero-order valence-corrected chi connectivity index (χ0v) is 12.9. The van der Waals surface area contributed by atoms with Crippen molar-refractivity contribution in [3.63, 3.8) is 0 Å². The first kappa shape index (κ1) is 14.5. The maximum atomic E-state index is 5.76. The molecule has 0 radical (unpaired) electrons. The molecular weight excluding hydrogens is 260 g/mol. The number of hydrogen-bond donors (Lipinski definition) is 1. The molecular formula is C14H23ClN4. The van der Waals surface area contributed by atoms with Crippen LogP contribution in [0.5, 0.6) is 0 Å². The average Bonchev–Trinajstić information content (AvgIpc) is 2.77. The highest BCUT2D eigenvalue weighted by Gasteiger charge is 2.30. The second-order valence-electron chi connectivity index (χ2n) is 6.17. The summed E-state index contributed by atoms with van der Waals surface area (Å²) in [6.45, 7) is 11.0. The van der Waals surface area contributed by atoms with E-state index >= 15 is 0 Å². The fraction of sp³-hybridized carbons (Fsp3) is 0.714. The molecule has 0 aliphatic carbocycles. The molecule has 1 fully saturated rings. The quantitative estimate of drug-likeness (QED) is 0.922. The molecule has 0 aromatic carbocycles. The first-order valence-corrected chi connectivity index (χ1v) is 7.28. The van der Waals surface area contributed by atoms with Gasteiger partial charge in [0.2, 0.25) is 0 Å². The van der Waals surface area contributed by atoms with Crippen molar-refractivity contribution in [2.75, 3.05) is 18.0 Å². The molecule has 2 rings (SSSR count). The number of halogens is 1. The third kappa shape index (κ3) is 3.57. The Hall–Kier alpha value is -0.870. The molecule has 1 aliphatic heterocycles. The van der Waals surface area contributed by atoms with Gasteiger partial charge in [0.1, 0.15) is 0 Å². The van der Waals surface area contributed by atoms with Crippen molar-refractivity contribution in [3.8, 4) is 0 Å². The number of nitrogens with zero attached hydrogens (tertiary/aromatic N) is 3. The number of rotatable bonds is 4. The molecule has 0 bridgehead atoms. The van der Waals surface area contributed by atoms with Crippen LogP contribution in [-0.2, 0) is 0 Å². The Morgan fingerprint density at radius 2 is 2.11 bits per heavy atom. The monoisotopic (exact) mass is 282 g/mol. The summed E-state index contributed by atoms with van der Waals surface area (Å²) in [7, 11) is 0. The maximum Gasteiger partial charge on any atom is 0.151 e. The van der Waals surface area contributed by atoms with Crippen LogP contribution in [-0.4, -0.2) is 34.9 Å². The summed E-state index contributed by atoms with van der Waals surface area (Å²) >= 11 is 5.76. The van der Waals surface area contributed by atoms with Gasteiger partial charge < -0.3 is 10.2 Å². The lowest BCUT2D eigenvalue weighted by Gasteiger charge is -2.34. The molecule has 1 aromatic heterocycles. The summed E-state index contributed by atoms with van der Waals surface area (Å²) in [4.78, 5) is 2.26. The van der Waals surface area contributed by atoms with Crippen LogP contribution in [0.1, 0.15) is 34.1 Å². The summed E-state index contributed by atoms with van der Waals surface area (Å²) < 4.78 is 0. The third-order valence-corrected chi connectivity index (χ3v) is 4.35. The first-order chi connectivity index (χ1) is 8.88. The molecule has 0 amide bonds. The van der Waals surface area contributed by atoms with Crippen LogP contribution in [0.3, 0.4) is 0 Å². The van der Waals surface area contributed by atoms with Crippen molar-refractivity contribution in [2.24, 2.45) is 5.92 Å². The maximum absolute atomic E-state index is 5.76. The van der Waals surface area contributed by atoms with Gasteiger partial charge in [0.15, 0.2) is 11.0 Å². The van der Waals surface area contributed by atoms with Gasteiger partial charge in [0.25, 0.3) is 0 Å². The molecule has 5 heteroatoms. The van der Waals surface area contributed by atoms with Gasteiger partial charge in [0.05, 0.1) is 0 Å². The van der Waals surface area contributed by atoms with Crippen molar-refractivity contribution in [3.05, 3.63) is 17.3 Å². The summed E-state index contributed by atoms with van der Waals surface area (Å²) in [6, 6.07) is 4.24. The zero-order valence-electron chi connectivity index (χ0n) is 12.2. The van der Waals surface area contributed by atoms with E-state index < -0.39 is 0 Å². The van der Waals surface area contributed by atoms with Crippen LogP contribution in [0, 0.1) is 5.92 Å². The summed E-state index contributed by atoms with van der Waals surface area (Å²) in [5.41, 5.74) is 0.159. The molecule has 1 aromatic rings. The van der Waals surface area contributed by atoms with E-state index in [-0.39, 0.29) is 5.54 Å². The Bertz CT molecular complexity index is 416. The van der Waals surface area contributed by atoms with Gasteiger partial charge in [-0.25, -0.2) is 0 Å². The number of anilines is 1. The van der Waals surface area contributed by atoms with E-state index in [1.165, 1.54) is 0 Å². The molecule has 1 aliphatic rings. The van der Waals surface area contributed by atoms with Crippen LogP contribution in [0.15, 0.2) is 12.1 Å². The Morgan fingerprint density at radius 1 is 1.37 bits per heavy atom. The van der Waals surface area contributed by atoms with E-state index in [0.29, 0.717) is 17.1 Å². The Morgan fingerprint density at radius 3 is 2.68 bits per heavy atom. The molecule has 1 unspecified atom stereocenters. The Balaban J connectivity index is 1.95. The summed E-state index contributed by atoms with van der Waals surface area (Å²) in [5.74, 6) is 1.52. The predicted molar refractivity (Wildman–Crippen MR) is 79.7 cm³/mol. The minimum absolute atomic E-state index is 0.159. The molecule has 1 saturated heterocycles. The summed E-state index contributed by atoms with van der Waals surface area (Å²) in [5, 5.41) is 12.2. The molecule has 1 atom stereocenters. The van der Waals surface area contributed by atoms with Crippen LogP contribution < -0.4 is 10.2 Å². The van der Waals surface area contributed by atoms with Crippen LogP contribution in [0.2, 0.25) is 5.15 Å². The molecule has 0 saturated carbocycles. The van der Waals surface area contributed by atoms with Crippen LogP contribution in [0.4, 0.5) is 5.82 Å². The van der Waals surface area contributed by atoms with Gasteiger partial charge in [-0.2, -0.15) is 0 Å². The smallest absolute Gasteiger partial charge is 0.151 e. The van der Waals surface area contributed by atoms with E-state index in [2.05, 4.69) is 48.1 Å². The van der Waals surface area contributed by atoms with Crippen molar-refractivity contribution < 1.29 is 0 Å². The van der Waals surface area contributed by atoms with Crippen molar-refractivity contribution in [1.29, 1.82) is 0 Å². The molecule has 106 valence electrons. The molecule has 19 heavy (non-hydrogen) atoms. The lowest BCUT2D eigenvalue weighted by atomic mass is 9.90. The lowest BCUT2D eigenvalue weighted by molar-refractivity contribution is 0.261. The van der Waals surface area contributed by atoms with Gasteiger partial charge >= 0.3 is 0 Å². The fourth-order valence-corrected chi connectivity index (χ4v) is 2.36. The molecule has 2 heterocycles. The zero-order chi connectivity index (χ0) is 14.0. The predicted octanol–water partition coefficient (Wildman–Crippen LogP) is 2.73. The highest BCUT2D eigenvalue weighted by Crippen LogP contribution is 2.22. The second-order valence-corrected chi connectivity index (χ2v) is 6.55. The minimum Gasteiger partial charge on any atom is -0.354 e. The SMILES string of the molecule is CC(C)C(C)(C)NC1CCN(c2ccc(Cl)nn2)C1. The van der Waals surface area contributed by atoms with E-state index in [9.17, 15) is 0 Å². The van der Waals surface area contributed by atoms with E-state index in [1.54, 1.807) is 6.07 Å².